The van der Waals surface area contributed by atoms with E-state index < -0.39 is 0 Å². The fourth-order valence-electron chi connectivity index (χ4n) is 1.88. The van der Waals surface area contributed by atoms with Crippen LogP contribution in [0.2, 0.25) is 0 Å². The number of nitrogens with zero attached hydrogens (tertiary/aromatic N) is 3. The van der Waals surface area contributed by atoms with Crippen molar-refractivity contribution in [1.82, 2.24) is 14.9 Å². The second kappa shape index (κ2) is 5.26. The van der Waals surface area contributed by atoms with Crippen LogP contribution in [0.15, 0.2) is 52.2 Å². The van der Waals surface area contributed by atoms with Crippen molar-refractivity contribution in [2.45, 2.75) is 6.92 Å². The predicted octanol–water partition coefficient (Wildman–Crippen LogP) is 3.39. The molecule has 2 aromatic heterocycles. The lowest BCUT2D eigenvalue weighted by molar-refractivity contribution is 0.559. The Bertz CT molecular complexity index is 799. The van der Waals surface area contributed by atoms with Crippen LogP contribution >= 0.6 is 12.2 Å². The van der Waals surface area contributed by atoms with Crippen molar-refractivity contribution in [2.24, 2.45) is 5.10 Å². The zero-order valence-electron chi connectivity index (χ0n) is 10.8. The predicted molar refractivity (Wildman–Crippen MR) is 79.3 cm³/mol. The van der Waals surface area contributed by atoms with Crippen molar-refractivity contribution in [1.29, 1.82) is 0 Å². The number of hydrogen-bond donors (Lipinski definition) is 1. The van der Waals surface area contributed by atoms with Gasteiger partial charge in [0.2, 0.25) is 4.77 Å². The molecule has 2 heterocycles. The van der Waals surface area contributed by atoms with Gasteiger partial charge in [0.1, 0.15) is 5.76 Å². The molecule has 20 heavy (non-hydrogen) atoms. The van der Waals surface area contributed by atoms with E-state index in [-0.39, 0.29) is 0 Å². The zero-order valence-corrected chi connectivity index (χ0v) is 11.6. The van der Waals surface area contributed by atoms with E-state index in [1.165, 1.54) is 0 Å². The van der Waals surface area contributed by atoms with E-state index in [0.717, 1.165) is 11.1 Å². The van der Waals surface area contributed by atoms with Crippen LogP contribution in [0, 0.1) is 11.7 Å². The third-order valence-electron chi connectivity index (χ3n) is 2.88. The molecule has 0 spiro atoms. The minimum Gasteiger partial charge on any atom is -0.463 e. The minimum atomic E-state index is 0.436. The fourth-order valence-corrected chi connectivity index (χ4v) is 2.06. The Labute approximate surface area is 120 Å². The molecule has 1 N–H and O–H groups in total. The van der Waals surface area contributed by atoms with Gasteiger partial charge in [0, 0.05) is 5.56 Å². The van der Waals surface area contributed by atoms with Gasteiger partial charge >= 0.3 is 0 Å². The summed E-state index contributed by atoms with van der Waals surface area (Å²) >= 11 is 5.21. The average Bonchev–Trinajstić information content (AvgIpc) is 3.07. The van der Waals surface area contributed by atoms with Crippen LogP contribution in [0.1, 0.15) is 11.3 Å². The molecule has 0 unspecified atom stereocenters. The minimum absolute atomic E-state index is 0.436. The lowest BCUT2D eigenvalue weighted by atomic mass is 10.1. The number of aromatic nitrogens is 3. The average molecular weight is 284 g/mol. The Kier molecular flexibility index (Phi) is 3.30. The van der Waals surface area contributed by atoms with Crippen LogP contribution in [-0.4, -0.2) is 21.1 Å². The van der Waals surface area contributed by atoms with Gasteiger partial charge in [0.15, 0.2) is 5.82 Å². The molecule has 0 saturated heterocycles. The van der Waals surface area contributed by atoms with E-state index >= 15 is 0 Å². The van der Waals surface area contributed by atoms with Crippen molar-refractivity contribution in [3.05, 3.63) is 58.8 Å². The fraction of sp³-hybridized carbons (Fsp3) is 0.0714. The smallest absolute Gasteiger partial charge is 0.216 e. The Morgan fingerprint density at radius 3 is 2.90 bits per heavy atom. The summed E-state index contributed by atoms with van der Waals surface area (Å²) in [6, 6.07) is 11.6. The molecule has 0 amide bonds. The molecular formula is C14H12N4OS. The number of rotatable bonds is 3. The lowest BCUT2D eigenvalue weighted by Gasteiger charge is -2.03. The summed E-state index contributed by atoms with van der Waals surface area (Å²) in [5.41, 5.74) is 2.09. The summed E-state index contributed by atoms with van der Waals surface area (Å²) in [6.07, 6.45) is 3.20. The van der Waals surface area contributed by atoms with Gasteiger partial charge in [-0.2, -0.15) is 14.9 Å². The monoisotopic (exact) mass is 284 g/mol. The summed E-state index contributed by atoms with van der Waals surface area (Å²) < 4.78 is 7.23. The van der Waals surface area contributed by atoms with Crippen LogP contribution in [0.5, 0.6) is 0 Å². The highest BCUT2D eigenvalue weighted by molar-refractivity contribution is 7.71. The van der Waals surface area contributed by atoms with Crippen molar-refractivity contribution >= 4 is 18.4 Å². The number of aryl methyl sites for hydroxylation is 1. The number of benzene rings is 1. The molecular weight excluding hydrogens is 272 g/mol. The highest BCUT2D eigenvalue weighted by Gasteiger charge is 2.09. The lowest BCUT2D eigenvalue weighted by Crippen LogP contribution is -1.96. The maximum atomic E-state index is 5.21. The normalized spacial score (nSPS) is 11.2. The quantitative estimate of drug-likeness (QED) is 0.592. The number of hydrogen-bond acceptors (Lipinski definition) is 4. The molecule has 5 nitrogen and oxygen atoms in total. The zero-order chi connectivity index (χ0) is 13.9. The Morgan fingerprint density at radius 2 is 2.15 bits per heavy atom. The first-order valence-electron chi connectivity index (χ1n) is 6.07. The molecule has 0 radical (unpaired) electrons. The second-order valence-corrected chi connectivity index (χ2v) is 4.63. The molecule has 100 valence electrons. The topological polar surface area (TPSA) is 59.1 Å². The highest BCUT2D eigenvalue weighted by atomic mass is 32.1. The van der Waals surface area contributed by atoms with Gasteiger partial charge in [-0.05, 0) is 36.8 Å². The summed E-state index contributed by atoms with van der Waals surface area (Å²) in [7, 11) is 0. The third kappa shape index (κ3) is 2.33. The Balaban J connectivity index is 2.07. The molecule has 0 aliphatic heterocycles. The van der Waals surface area contributed by atoms with Crippen molar-refractivity contribution < 1.29 is 4.42 Å². The second-order valence-electron chi connectivity index (χ2n) is 4.24. The van der Waals surface area contributed by atoms with E-state index in [4.69, 9.17) is 16.6 Å². The summed E-state index contributed by atoms with van der Waals surface area (Å²) in [4.78, 5) is 0. The van der Waals surface area contributed by atoms with E-state index in [1.807, 2.05) is 37.3 Å². The highest BCUT2D eigenvalue weighted by Crippen LogP contribution is 2.21. The van der Waals surface area contributed by atoms with Gasteiger partial charge in [-0.25, -0.2) is 5.10 Å². The van der Waals surface area contributed by atoms with E-state index in [0.29, 0.717) is 16.4 Å². The van der Waals surface area contributed by atoms with Gasteiger partial charge in [-0.1, -0.05) is 24.3 Å². The van der Waals surface area contributed by atoms with Gasteiger partial charge in [-0.3, -0.25) is 0 Å². The largest absolute Gasteiger partial charge is 0.463 e. The number of H-pyrrole nitrogens is 1. The summed E-state index contributed by atoms with van der Waals surface area (Å²) in [6.45, 7) is 2.02. The number of aromatic amines is 1. The van der Waals surface area contributed by atoms with Gasteiger partial charge < -0.3 is 4.42 Å². The molecule has 3 rings (SSSR count). The number of furan rings is 1. The van der Waals surface area contributed by atoms with Gasteiger partial charge in [0.25, 0.3) is 0 Å². The summed E-state index contributed by atoms with van der Waals surface area (Å²) in [5, 5.41) is 11.3. The first kappa shape index (κ1) is 12.6. The molecule has 0 atom stereocenters. The number of nitrogens with one attached hydrogen (secondary N) is 1. The Morgan fingerprint density at radius 1 is 1.30 bits per heavy atom. The SMILES string of the molecule is Cc1ccccc1-c1n[nH]c(=S)n1/N=C\c1ccco1. The molecule has 0 aliphatic rings. The van der Waals surface area contributed by atoms with Crippen molar-refractivity contribution in [3.8, 4) is 11.4 Å². The van der Waals surface area contributed by atoms with Crippen molar-refractivity contribution in [3.63, 3.8) is 0 Å². The molecule has 6 heteroatoms. The first-order valence-corrected chi connectivity index (χ1v) is 6.48. The maximum absolute atomic E-state index is 5.21. The van der Waals surface area contributed by atoms with Crippen LogP contribution in [0.25, 0.3) is 11.4 Å². The molecule has 3 aromatic rings. The first-order chi connectivity index (χ1) is 9.75. The molecule has 0 bridgehead atoms. The summed E-state index contributed by atoms with van der Waals surface area (Å²) in [5.74, 6) is 1.33. The van der Waals surface area contributed by atoms with E-state index in [2.05, 4.69) is 15.3 Å². The molecule has 0 aliphatic carbocycles. The van der Waals surface area contributed by atoms with Crippen LogP contribution in [-0.2, 0) is 0 Å². The van der Waals surface area contributed by atoms with Crippen molar-refractivity contribution in [2.75, 3.05) is 0 Å². The Hall–Kier alpha value is -2.47. The van der Waals surface area contributed by atoms with E-state index in [9.17, 15) is 0 Å². The third-order valence-corrected chi connectivity index (χ3v) is 3.14. The van der Waals surface area contributed by atoms with E-state index in [1.54, 1.807) is 23.2 Å². The maximum Gasteiger partial charge on any atom is 0.216 e. The standard InChI is InChI=1S/C14H12N4OS/c1-10-5-2-3-7-12(10)13-16-17-14(20)18(13)15-9-11-6-4-8-19-11/h2-9H,1H3,(H,17,20)/b15-9-. The van der Waals surface area contributed by atoms with Crippen LogP contribution < -0.4 is 0 Å². The van der Waals surface area contributed by atoms with Crippen LogP contribution in [0.3, 0.4) is 0 Å². The van der Waals surface area contributed by atoms with Gasteiger partial charge in [0.05, 0.1) is 12.5 Å². The van der Waals surface area contributed by atoms with Gasteiger partial charge in [-0.15, -0.1) is 0 Å². The molecule has 0 saturated carbocycles. The molecule has 1 aromatic carbocycles. The van der Waals surface area contributed by atoms with Crippen LogP contribution in [0.4, 0.5) is 0 Å². The molecule has 0 fully saturated rings.